The molecule has 2 rings (SSSR count). The number of nitro groups is 1. The van der Waals surface area contributed by atoms with Gasteiger partial charge in [-0.1, -0.05) is 0 Å². The second-order valence-electron chi connectivity index (χ2n) is 3.71. The molecular formula is C10H10N6O3. The highest BCUT2D eigenvalue weighted by molar-refractivity contribution is 6.07. The van der Waals surface area contributed by atoms with Crippen molar-refractivity contribution in [2.75, 3.05) is 11.1 Å². The summed E-state index contributed by atoms with van der Waals surface area (Å²) < 4.78 is 1.50. The van der Waals surface area contributed by atoms with Crippen LogP contribution in [0.2, 0.25) is 0 Å². The summed E-state index contributed by atoms with van der Waals surface area (Å²) in [6.07, 6.45) is 2.64. The van der Waals surface area contributed by atoms with Crippen molar-refractivity contribution in [1.82, 2.24) is 14.8 Å². The molecule has 3 N–H and O–H groups in total. The molecule has 0 unspecified atom stereocenters. The third-order valence-electron chi connectivity index (χ3n) is 2.31. The predicted octanol–water partition coefficient (Wildman–Crippen LogP) is 0.558. The number of aryl methyl sites for hydroxylation is 1. The van der Waals surface area contributed by atoms with Gasteiger partial charge in [-0.25, -0.2) is 4.98 Å². The first-order valence-electron chi connectivity index (χ1n) is 5.18. The number of hydrogen-bond donors (Lipinski definition) is 2. The second-order valence-corrected chi connectivity index (χ2v) is 3.71. The normalized spacial score (nSPS) is 10.2. The fraction of sp³-hybridized carbons (Fsp3) is 0.100. The van der Waals surface area contributed by atoms with E-state index in [1.807, 2.05) is 0 Å². The Bertz CT molecular complexity index is 650. The van der Waals surface area contributed by atoms with E-state index in [0.717, 1.165) is 12.3 Å². The molecular weight excluding hydrogens is 252 g/mol. The van der Waals surface area contributed by atoms with Crippen LogP contribution in [0.4, 0.5) is 17.3 Å². The minimum Gasteiger partial charge on any atom is -0.383 e. The summed E-state index contributed by atoms with van der Waals surface area (Å²) in [5.41, 5.74) is 5.15. The first-order valence-corrected chi connectivity index (χ1v) is 5.18. The zero-order valence-corrected chi connectivity index (χ0v) is 9.90. The van der Waals surface area contributed by atoms with Crippen LogP contribution in [0, 0.1) is 10.1 Å². The minimum atomic E-state index is -0.649. The van der Waals surface area contributed by atoms with Gasteiger partial charge in [0.25, 0.3) is 11.6 Å². The van der Waals surface area contributed by atoms with Crippen molar-refractivity contribution < 1.29 is 9.72 Å². The number of nitrogens with zero attached hydrogens (tertiary/aromatic N) is 4. The van der Waals surface area contributed by atoms with E-state index in [2.05, 4.69) is 15.4 Å². The Balaban J connectivity index is 2.27. The Hall–Kier alpha value is -2.97. The predicted molar refractivity (Wildman–Crippen MR) is 66.5 cm³/mol. The van der Waals surface area contributed by atoms with E-state index in [9.17, 15) is 14.9 Å². The molecule has 0 saturated heterocycles. The maximum Gasteiger partial charge on any atom is 0.288 e. The summed E-state index contributed by atoms with van der Waals surface area (Å²) in [4.78, 5) is 25.5. The topological polar surface area (TPSA) is 129 Å². The van der Waals surface area contributed by atoms with Gasteiger partial charge in [0.2, 0.25) is 0 Å². The highest BCUT2D eigenvalue weighted by atomic mass is 16.6. The molecule has 2 aromatic rings. The largest absolute Gasteiger partial charge is 0.383 e. The molecule has 9 heteroatoms. The molecule has 19 heavy (non-hydrogen) atoms. The van der Waals surface area contributed by atoms with Gasteiger partial charge in [-0.3, -0.25) is 19.6 Å². The van der Waals surface area contributed by atoms with E-state index in [1.165, 1.54) is 4.68 Å². The zero-order chi connectivity index (χ0) is 14.0. The van der Waals surface area contributed by atoms with E-state index in [4.69, 9.17) is 5.73 Å². The molecule has 2 heterocycles. The lowest BCUT2D eigenvalue weighted by atomic mass is 10.2. The number of carbonyl (C=O) groups excluding carboxylic acids is 1. The lowest BCUT2D eigenvalue weighted by molar-refractivity contribution is -0.385. The van der Waals surface area contributed by atoms with Crippen LogP contribution in [0.3, 0.4) is 0 Å². The first-order chi connectivity index (χ1) is 8.97. The van der Waals surface area contributed by atoms with Gasteiger partial charge in [-0.15, -0.1) is 0 Å². The lowest BCUT2D eigenvalue weighted by Gasteiger charge is -2.04. The summed E-state index contributed by atoms with van der Waals surface area (Å²) in [5, 5.41) is 17.1. The number of amides is 1. The molecule has 0 aliphatic carbocycles. The van der Waals surface area contributed by atoms with Crippen molar-refractivity contribution in [3.63, 3.8) is 0 Å². The Morgan fingerprint density at radius 2 is 2.32 bits per heavy atom. The molecule has 0 aliphatic rings. The number of aromatic nitrogens is 3. The minimum absolute atomic E-state index is 0.0696. The van der Waals surface area contributed by atoms with Crippen LogP contribution in [0.25, 0.3) is 0 Å². The van der Waals surface area contributed by atoms with Crippen LogP contribution in [-0.4, -0.2) is 25.6 Å². The van der Waals surface area contributed by atoms with E-state index in [1.54, 1.807) is 19.3 Å². The van der Waals surface area contributed by atoms with Crippen molar-refractivity contribution >= 4 is 23.2 Å². The van der Waals surface area contributed by atoms with E-state index >= 15 is 0 Å². The Kier molecular flexibility index (Phi) is 3.10. The summed E-state index contributed by atoms with van der Waals surface area (Å²) in [7, 11) is 1.69. The fourth-order valence-corrected chi connectivity index (χ4v) is 1.41. The zero-order valence-electron chi connectivity index (χ0n) is 9.90. The van der Waals surface area contributed by atoms with E-state index in [0.29, 0.717) is 5.82 Å². The standard InChI is InChI=1S/C10H10N6O3/c1-15-3-2-8(14-15)13-10(17)7-4-6(16(18)19)5-12-9(7)11/h2-5H,1H3,(H2,11,12)(H,13,14,17). The molecule has 0 fully saturated rings. The van der Waals surface area contributed by atoms with Crippen molar-refractivity contribution in [3.8, 4) is 0 Å². The average Bonchev–Trinajstić information content (AvgIpc) is 2.74. The highest BCUT2D eigenvalue weighted by Crippen LogP contribution is 2.17. The maximum atomic E-state index is 11.9. The molecule has 2 aromatic heterocycles. The number of carbonyl (C=O) groups is 1. The Labute approximate surface area is 107 Å². The van der Waals surface area contributed by atoms with Gasteiger partial charge in [0.1, 0.15) is 12.0 Å². The van der Waals surface area contributed by atoms with E-state index in [-0.39, 0.29) is 17.1 Å². The quantitative estimate of drug-likeness (QED) is 0.614. The monoisotopic (exact) mass is 262 g/mol. The summed E-state index contributed by atoms with van der Waals surface area (Å²) in [6.45, 7) is 0. The van der Waals surface area contributed by atoms with Crippen LogP contribution >= 0.6 is 0 Å². The third kappa shape index (κ3) is 2.65. The molecule has 0 aliphatic heterocycles. The number of nitrogens with two attached hydrogens (primary N) is 1. The molecule has 0 atom stereocenters. The Morgan fingerprint density at radius 3 is 2.89 bits per heavy atom. The molecule has 98 valence electrons. The molecule has 9 nitrogen and oxygen atoms in total. The van der Waals surface area contributed by atoms with Crippen LogP contribution < -0.4 is 11.1 Å². The summed E-state index contributed by atoms with van der Waals surface area (Å²) in [5.74, 6) is -0.371. The van der Waals surface area contributed by atoms with E-state index < -0.39 is 10.8 Å². The first kappa shape index (κ1) is 12.5. The van der Waals surface area contributed by atoms with Crippen molar-refractivity contribution in [2.24, 2.45) is 7.05 Å². The van der Waals surface area contributed by atoms with Gasteiger partial charge in [-0.2, -0.15) is 5.10 Å². The van der Waals surface area contributed by atoms with Gasteiger partial charge in [-0.05, 0) is 0 Å². The van der Waals surface area contributed by atoms with Gasteiger partial charge >= 0.3 is 0 Å². The Morgan fingerprint density at radius 1 is 1.58 bits per heavy atom. The number of hydrogen-bond acceptors (Lipinski definition) is 6. The number of rotatable bonds is 3. The van der Waals surface area contributed by atoms with Gasteiger partial charge in [0.05, 0.1) is 10.5 Å². The fourth-order valence-electron chi connectivity index (χ4n) is 1.41. The van der Waals surface area contributed by atoms with Crippen molar-refractivity contribution in [1.29, 1.82) is 0 Å². The van der Waals surface area contributed by atoms with Crippen LogP contribution in [-0.2, 0) is 7.05 Å². The number of nitrogens with one attached hydrogen (secondary N) is 1. The van der Waals surface area contributed by atoms with Crippen LogP contribution in [0.5, 0.6) is 0 Å². The molecule has 0 spiro atoms. The van der Waals surface area contributed by atoms with Gasteiger partial charge < -0.3 is 11.1 Å². The number of anilines is 2. The average molecular weight is 262 g/mol. The molecule has 0 aromatic carbocycles. The number of nitrogen functional groups attached to an aromatic ring is 1. The summed E-state index contributed by atoms with van der Waals surface area (Å²) in [6, 6.07) is 2.65. The molecule has 1 amide bonds. The third-order valence-corrected chi connectivity index (χ3v) is 2.31. The highest BCUT2D eigenvalue weighted by Gasteiger charge is 2.17. The van der Waals surface area contributed by atoms with Crippen LogP contribution in [0.1, 0.15) is 10.4 Å². The summed E-state index contributed by atoms with van der Waals surface area (Å²) >= 11 is 0. The van der Waals surface area contributed by atoms with Crippen molar-refractivity contribution in [3.05, 3.63) is 40.2 Å². The van der Waals surface area contributed by atoms with Crippen molar-refractivity contribution in [2.45, 2.75) is 0 Å². The maximum absolute atomic E-state index is 11.9. The lowest BCUT2D eigenvalue weighted by Crippen LogP contribution is -2.15. The second kappa shape index (κ2) is 4.72. The SMILES string of the molecule is Cn1ccc(NC(=O)c2cc([N+](=O)[O-])cnc2N)n1. The van der Waals surface area contributed by atoms with Gasteiger partial charge in [0, 0.05) is 25.4 Å². The van der Waals surface area contributed by atoms with Gasteiger partial charge in [0.15, 0.2) is 5.82 Å². The molecule has 0 saturated carbocycles. The number of pyridine rings is 1. The molecule has 0 radical (unpaired) electrons. The molecule has 0 bridgehead atoms. The smallest absolute Gasteiger partial charge is 0.288 e. The van der Waals surface area contributed by atoms with Crippen LogP contribution in [0.15, 0.2) is 24.5 Å².